The predicted octanol–water partition coefficient (Wildman–Crippen LogP) is 1.87. The molecule has 6 nitrogen and oxygen atoms in total. The summed E-state index contributed by atoms with van der Waals surface area (Å²) in [5.41, 5.74) is 0.981. The van der Waals surface area contributed by atoms with E-state index in [0.717, 1.165) is 12.2 Å². The van der Waals surface area contributed by atoms with Gasteiger partial charge in [0.25, 0.3) is 0 Å². The van der Waals surface area contributed by atoms with Gasteiger partial charge in [0, 0.05) is 12.2 Å². The van der Waals surface area contributed by atoms with E-state index in [0.29, 0.717) is 18.3 Å². The van der Waals surface area contributed by atoms with Gasteiger partial charge >= 0.3 is 6.03 Å². The van der Waals surface area contributed by atoms with E-state index >= 15 is 0 Å². The summed E-state index contributed by atoms with van der Waals surface area (Å²) in [5.74, 6) is 1.36. The zero-order valence-corrected chi connectivity index (χ0v) is 11.8. The van der Waals surface area contributed by atoms with Crippen LogP contribution in [-0.2, 0) is 6.54 Å². The molecule has 1 saturated carbocycles. The SMILES string of the molecule is O=C(NCc1nncn1-c1ccccc1)NCC1CCC1. The molecular formula is C15H19N5O. The van der Waals surface area contributed by atoms with Gasteiger partial charge in [-0.1, -0.05) is 24.6 Å². The van der Waals surface area contributed by atoms with Crippen LogP contribution in [0.3, 0.4) is 0 Å². The van der Waals surface area contributed by atoms with Gasteiger partial charge < -0.3 is 10.6 Å². The number of hydrogen-bond acceptors (Lipinski definition) is 3. The van der Waals surface area contributed by atoms with E-state index in [1.54, 1.807) is 6.33 Å². The number of amides is 2. The summed E-state index contributed by atoms with van der Waals surface area (Å²) < 4.78 is 1.87. The fourth-order valence-corrected chi connectivity index (χ4v) is 2.34. The Morgan fingerprint density at radius 3 is 2.76 bits per heavy atom. The first-order valence-corrected chi connectivity index (χ1v) is 7.29. The quantitative estimate of drug-likeness (QED) is 0.881. The van der Waals surface area contributed by atoms with Crippen molar-refractivity contribution in [3.8, 4) is 5.69 Å². The molecule has 2 aromatic rings. The molecule has 2 N–H and O–H groups in total. The Balaban J connectivity index is 1.53. The van der Waals surface area contributed by atoms with Crippen LogP contribution in [0.4, 0.5) is 4.79 Å². The van der Waals surface area contributed by atoms with E-state index in [4.69, 9.17) is 0 Å². The van der Waals surface area contributed by atoms with Crippen molar-refractivity contribution < 1.29 is 4.79 Å². The summed E-state index contributed by atoms with van der Waals surface area (Å²) in [5, 5.41) is 13.7. The number of carbonyl (C=O) groups is 1. The average Bonchev–Trinajstić information content (AvgIpc) is 2.93. The number of aromatic nitrogens is 3. The van der Waals surface area contributed by atoms with Crippen LogP contribution in [0.15, 0.2) is 36.7 Å². The molecule has 0 radical (unpaired) electrons. The number of nitrogens with one attached hydrogen (secondary N) is 2. The molecule has 0 saturated heterocycles. The van der Waals surface area contributed by atoms with Crippen LogP contribution in [0.5, 0.6) is 0 Å². The van der Waals surface area contributed by atoms with Gasteiger partial charge in [0.05, 0.1) is 6.54 Å². The molecule has 3 rings (SSSR count). The van der Waals surface area contributed by atoms with Gasteiger partial charge in [0.15, 0.2) is 5.82 Å². The lowest BCUT2D eigenvalue weighted by atomic mass is 9.85. The van der Waals surface area contributed by atoms with Gasteiger partial charge in [-0.2, -0.15) is 0 Å². The predicted molar refractivity (Wildman–Crippen MR) is 78.9 cm³/mol. The molecule has 1 heterocycles. The maximum absolute atomic E-state index is 11.8. The highest BCUT2D eigenvalue weighted by atomic mass is 16.2. The minimum atomic E-state index is -0.149. The molecule has 2 amide bonds. The van der Waals surface area contributed by atoms with Gasteiger partial charge in [-0.15, -0.1) is 10.2 Å². The summed E-state index contributed by atoms with van der Waals surface area (Å²) in [7, 11) is 0. The number of rotatable bonds is 5. The largest absolute Gasteiger partial charge is 0.338 e. The lowest BCUT2D eigenvalue weighted by molar-refractivity contribution is 0.232. The monoisotopic (exact) mass is 285 g/mol. The molecule has 0 bridgehead atoms. The third-order valence-corrected chi connectivity index (χ3v) is 3.84. The fraction of sp³-hybridized carbons (Fsp3) is 0.400. The summed E-state index contributed by atoms with van der Waals surface area (Å²) in [6, 6.07) is 9.67. The first-order chi connectivity index (χ1) is 10.3. The first kappa shape index (κ1) is 13.6. The highest BCUT2D eigenvalue weighted by Gasteiger charge is 2.17. The number of urea groups is 1. The number of benzene rings is 1. The van der Waals surface area contributed by atoms with E-state index < -0.39 is 0 Å². The van der Waals surface area contributed by atoms with Crippen LogP contribution in [0.25, 0.3) is 5.69 Å². The first-order valence-electron chi connectivity index (χ1n) is 7.29. The lowest BCUT2D eigenvalue weighted by Crippen LogP contribution is -2.39. The molecule has 1 aliphatic carbocycles. The summed E-state index contributed by atoms with van der Waals surface area (Å²) in [4.78, 5) is 11.8. The molecule has 0 unspecified atom stereocenters. The van der Waals surface area contributed by atoms with Crippen molar-refractivity contribution in [2.45, 2.75) is 25.8 Å². The highest BCUT2D eigenvalue weighted by Crippen LogP contribution is 2.24. The molecule has 6 heteroatoms. The van der Waals surface area contributed by atoms with E-state index in [1.165, 1.54) is 19.3 Å². The Bertz CT molecular complexity index is 591. The zero-order valence-electron chi connectivity index (χ0n) is 11.8. The minimum Gasteiger partial charge on any atom is -0.338 e. The van der Waals surface area contributed by atoms with Gasteiger partial charge in [-0.25, -0.2) is 4.79 Å². The third kappa shape index (κ3) is 3.39. The van der Waals surface area contributed by atoms with Crippen LogP contribution in [0.1, 0.15) is 25.1 Å². The van der Waals surface area contributed by atoms with Crippen LogP contribution in [0, 0.1) is 5.92 Å². The minimum absolute atomic E-state index is 0.149. The number of carbonyl (C=O) groups excluding carboxylic acids is 1. The van der Waals surface area contributed by atoms with Crippen molar-refractivity contribution in [3.05, 3.63) is 42.5 Å². The molecule has 110 valence electrons. The summed E-state index contributed by atoms with van der Waals surface area (Å²) in [6.07, 6.45) is 5.39. The van der Waals surface area contributed by atoms with E-state index in [-0.39, 0.29) is 6.03 Å². The van der Waals surface area contributed by atoms with Gasteiger partial charge in [-0.3, -0.25) is 4.57 Å². The lowest BCUT2D eigenvalue weighted by Gasteiger charge is -2.25. The van der Waals surface area contributed by atoms with E-state index in [2.05, 4.69) is 20.8 Å². The molecule has 0 aliphatic heterocycles. The maximum atomic E-state index is 11.8. The van der Waals surface area contributed by atoms with Crippen molar-refractivity contribution in [3.63, 3.8) is 0 Å². The van der Waals surface area contributed by atoms with E-state index in [1.807, 2.05) is 34.9 Å². The van der Waals surface area contributed by atoms with Crippen molar-refractivity contribution in [2.75, 3.05) is 6.54 Å². The topological polar surface area (TPSA) is 71.8 Å². The van der Waals surface area contributed by atoms with Gasteiger partial charge in [-0.05, 0) is 30.9 Å². The van der Waals surface area contributed by atoms with Crippen LogP contribution >= 0.6 is 0 Å². The number of para-hydroxylation sites is 1. The van der Waals surface area contributed by atoms with Crippen molar-refractivity contribution in [1.29, 1.82) is 0 Å². The summed E-state index contributed by atoms with van der Waals surface area (Å²) >= 11 is 0. The highest BCUT2D eigenvalue weighted by molar-refractivity contribution is 5.73. The van der Waals surface area contributed by atoms with Crippen LogP contribution < -0.4 is 10.6 Å². The number of nitrogens with zero attached hydrogens (tertiary/aromatic N) is 3. The molecule has 1 aromatic carbocycles. The van der Waals surface area contributed by atoms with Crippen molar-refractivity contribution >= 4 is 6.03 Å². The Kier molecular flexibility index (Phi) is 4.14. The van der Waals surface area contributed by atoms with Crippen LogP contribution in [0.2, 0.25) is 0 Å². The molecule has 1 aromatic heterocycles. The Morgan fingerprint density at radius 1 is 1.24 bits per heavy atom. The van der Waals surface area contributed by atoms with Gasteiger partial charge in [0.2, 0.25) is 0 Å². The molecule has 0 spiro atoms. The maximum Gasteiger partial charge on any atom is 0.315 e. The fourth-order valence-electron chi connectivity index (χ4n) is 2.34. The Labute approximate surface area is 123 Å². The Hall–Kier alpha value is -2.37. The molecule has 21 heavy (non-hydrogen) atoms. The number of hydrogen-bond donors (Lipinski definition) is 2. The standard InChI is InChI=1S/C15H19N5O/c21-15(16-9-12-5-4-6-12)17-10-14-19-18-11-20(14)13-7-2-1-3-8-13/h1-3,7-8,11-12H,4-6,9-10H2,(H2,16,17,21). The van der Waals surface area contributed by atoms with Gasteiger partial charge in [0.1, 0.15) is 6.33 Å². The van der Waals surface area contributed by atoms with Crippen LogP contribution in [-0.4, -0.2) is 27.3 Å². The average molecular weight is 285 g/mol. The molecule has 1 fully saturated rings. The second kappa shape index (κ2) is 6.39. The van der Waals surface area contributed by atoms with E-state index in [9.17, 15) is 4.79 Å². The molecule has 0 atom stereocenters. The zero-order chi connectivity index (χ0) is 14.5. The third-order valence-electron chi connectivity index (χ3n) is 3.84. The Morgan fingerprint density at radius 2 is 2.05 bits per heavy atom. The van der Waals surface area contributed by atoms with Crippen molar-refractivity contribution in [1.82, 2.24) is 25.4 Å². The van der Waals surface area contributed by atoms with Crippen molar-refractivity contribution in [2.24, 2.45) is 5.92 Å². The smallest absolute Gasteiger partial charge is 0.315 e. The summed E-state index contributed by atoms with van der Waals surface area (Å²) in [6.45, 7) is 1.11. The normalized spacial score (nSPS) is 14.5. The molecular weight excluding hydrogens is 266 g/mol. The molecule has 1 aliphatic rings. The second-order valence-electron chi connectivity index (χ2n) is 5.31. The second-order valence-corrected chi connectivity index (χ2v) is 5.31.